The molecule has 3 atom stereocenters. The van der Waals surface area contributed by atoms with E-state index >= 15 is 0 Å². The van der Waals surface area contributed by atoms with E-state index in [1.807, 2.05) is 0 Å². The van der Waals surface area contributed by atoms with E-state index in [4.69, 9.17) is 9.84 Å². The number of rotatable bonds is 4. The molecule has 0 spiro atoms. The summed E-state index contributed by atoms with van der Waals surface area (Å²) in [6.07, 6.45) is 0. The van der Waals surface area contributed by atoms with E-state index in [1.165, 1.54) is 0 Å². The Morgan fingerprint density at radius 3 is 2.39 bits per heavy atom. The molecule has 3 N–H and O–H groups in total. The van der Waals surface area contributed by atoms with Gasteiger partial charge >= 0.3 is 5.97 Å². The van der Waals surface area contributed by atoms with Gasteiger partial charge < -0.3 is 20.5 Å². The number of aliphatic carboxylic acids is 1. The maximum Gasteiger partial charge on any atom is 0.326 e. The Morgan fingerprint density at radius 1 is 1.33 bits per heavy atom. The van der Waals surface area contributed by atoms with Crippen LogP contribution in [0.1, 0.15) is 20.8 Å². The van der Waals surface area contributed by atoms with Crippen molar-refractivity contribution >= 4 is 11.9 Å². The minimum Gasteiger partial charge on any atom is -0.480 e. The second-order valence-electron chi connectivity index (χ2n) is 5.68. The van der Waals surface area contributed by atoms with Gasteiger partial charge in [-0.2, -0.15) is 0 Å². The zero-order valence-corrected chi connectivity index (χ0v) is 11.3. The molecule has 6 nitrogen and oxygen atoms in total. The SMILES string of the molecule is CNC1COCC1C(=O)N[C@@H](C(=O)O)C(C)(C)C. The number of hydrogen-bond donors (Lipinski definition) is 3. The Bertz CT molecular complexity index is 325. The number of ether oxygens (including phenoxy) is 1. The number of carbonyl (C=O) groups excluding carboxylic acids is 1. The van der Waals surface area contributed by atoms with Crippen molar-refractivity contribution in [3.63, 3.8) is 0 Å². The van der Waals surface area contributed by atoms with Crippen LogP contribution in [0.15, 0.2) is 0 Å². The van der Waals surface area contributed by atoms with Gasteiger partial charge in [0.15, 0.2) is 0 Å². The molecule has 6 heteroatoms. The van der Waals surface area contributed by atoms with E-state index in [0.29, 0.717) is 13.2 Å². The van der Waals surface area contributed by atoms with Gasteiger partial charge in [0.1, 0.15) is 6.04 Å². The molecule has 0 aromatic rings. The molecule has 0 aliphatic carbocycles. The lowest BCUT2D eigenvalue weighted by Crippen LogP contribution is -2.53. The summed E-state index contributed by atoms with van der Waals surface area (Å²) in [7, 11) is 1.76. The van der Waals surface area contributed by atoms with Gasteiger partial charge in [0.25, 0.3) is 0 Å². The van der Waals surface area contributed by atoms with Crippen molar-refractivity contribution < 1.29 is 19.4 Å². The lowest BCUT2D eigenvalue weighted by atomic mass is 9.86. The molecule has 1 aliphatic rings. The molecule has 18 heavy (non-hydrogen) atoms. The largest absolute Gasteiger partial charge is 0.480 e. The Balaban J connectivity index is 2.70. The van der Waals surface area contributed by atoms with Gasteiger partial charge in [-0.3, -0.25) is 4.79 Å². The van der Waals surface area contributed by atoms with Gasteiger partial charge in [-0.25, -0.2) is 4.79 Å². The Kier molecular flexibility index (Phi) is 4.70. The van der Waals surface area contributed by atoms with Crippen LogP contribution in [0.2, 0.25) is 0 Å². The van der Waals surface area contributed by atoms with Crippen molar-refractivity contribution in [3.05, 3.63) is 0 Å². The zero-order chi connectivity index (χ0) is 13.9. The van der Waals surface area contributed by atoms with Crippen LogP contribution < -0.4 is 10.6 Å². The third kappa shape index (κ3) is 3.43. The minimum atomic E-state index is -1.02. The monoisotopic (exact) mass is 258 g/mol. The van der Waals surface area contributed by atoms with E-state index in [9.17, 15) is 9.59 Å². The fourth-order valence-electron chi connectivity index (χ4n) is 2.00. The number of carbonyl (C=O) groups is 2. The second-order valence-corrected chi connectivity index (χ2v) is 5.68. The summed E-state index contributed by atoms with van der Waals surface area (Å²) in [5.74, 6) is -1.62. The summed E-state index contributed by atoms with van der Waals surface area (Å²) in [6, 6.07) is -0.956. The first-order valence-electron chi connectivity index (χ1n) is 6.05. The lowest BCUT2D eigenvalue weighted by Gasteiger charge is -2.29. The maximum atomic E-state index is 12.1. The number of carboxylic acids is 1. The normalized spacial score (nSPS) is 25.8. The van der Waals surface area contributed by atoms with Gasteiger partial charge in [0.05, 0.1) is 19.1 Å². The van der Waals surface area contributed by atoms with Crippen LogP contribution in [0.25, 0.3) is 0 Å². The molecule has 1 rings (SSSR count). The van der Waals surface area contributed by atoms with Crippen molar-refractivity contribution in [1.82, 2.24) is 10.6 Å². The number of hydrogen-bond acceptors (Lipinski definition) is 4. The van der Waals surface area contributed by atoms with Crippen LogP contribution in [-0.2, 0) is 14.3 Å². The highest BCUT2D eigenvalue weighted by molar-refractivity contribution is 5.86. The molecule has 1 heterocycles. The predicted molar refractivity (Wildman–Crippen MR) is 66.2 cm³/mol. The molecular formula is C12H22N2O4. The molecule has 0 aromatic heterocycles. The van der Waals surface area contributed by atoms with Crippen LogP contribution >= 0.6 is 0 Å². The first-order valence-corrected chi connectivity index (χ1v) is 6.05. The summed E-state index contributed by atoms with van der Waals surface area (Å²) in [5, 5.41) is 14.8. The summed E-state index contributed by atoms with van der Waals surface area (Å²) in [6.45, 7) is 6.15. The predicted octanol–water partition coefficient (Wildman–Crippen LogP) is -0.164. The minimum absolute atomic E-state index is 0.0561. The van der Waals surface area contributed by atoms with Crippen LogP contribution in [0.5, 0.6) is 0 Å². The Labute approximate surface area is 107 Å². The molecule has 1 saturated heterocycles. The average Bonchev–Trinajstić information content (AvgIpc) is 2.71. The van der Waals surface area contributed by atoms with E-state index in [2.05, 4.69) is 10.6 Å². The van der Waals surface area contributed by atoms with Crippen molar-refractivity contribution in [2.45, 2.75) is 32.9 Å². The average molecular weight is 258 g/mol. The second kappa shape index (κ2) is 5.67. The standard InChI is InChI=1S/C12H22N2O4/c1-12(2,3)9(11(16)17)14-10(15)7-5-18-6-8(7)13-4/h7-9,13H,5-6H2,1-4H3,(H,14,15)(H,16,17)/t7?,8?,9-/m0/s1. The van der Waals surface area contributed by atoms with Crippen LogP contribution in [-0.4, -0.2) is 49.3 Å². The summed E-state index contributed by atoms with van der Waals surface area (Å²) < 4.78 is 5.24. The third-order valence-corrected chi connectivity index (χ3v) is 3.19. The van der Waals surface area contributed by atoms with Crippen LogP contribution in [0, 0.1) is 11.3 Å². The highest BCUT2D eigenvalue weighted by Gasteiger charge is 2.38. The van der Waals surface area contributed by atoms with Crippen molar-refractivity contribution in [1.29, 1.82) is 0 Å². The molecule has 0 saturated carbocycles. The van der Waals surface area contributed by atoms with Gasteiger partial charge in [0.2, 0.25) is 5.91 Å². The van der Waals surface area contributed by atoms with Gasteiger partial charge in [0, 0.05) is 6.04 Å². The fraction of sp³-hybridized carbons (Fsp3) is 0.833. The molecule has 2 unspecified atom stereocenters. The molecule has 0 aromatic carbocycles. The number of likely N-dealkylation sites (N-methyl/N-ethyl adjacent to an activating group) is 1. The molecule has 1 amide bonds. The highest BCUT2D eigenvalue weighted by Crippen LogP contribution is 2.21. The van der Waals surface area contributed by atoms with Gasteiger partial charge in [-0.1, -0.05) is 20.8 Å². The number of amides is 1. The molecular weight excluding hydrogens is 236 g/mol. The van der Waals surface area contributed by atoms with Gasteiger partial charge in [-0.15, -0.1) is 0 Å². The quantitative estimate of drug-likeness (QED) is 0.652. The lowest BCUT2D eigenvalue weighted by molar-refractivity contribution is -0.145. The van der Waals surface area contributed by atoms with Crippen molar-refractivity contribution in [2.24, 2.45) is 11.3 Å². The fourth-order valence-corrected chi connectivity index (χ4v) is 2.00. The van der Waals surface area contributed by atoms with Crippen molar-refractivity contribution in [3.8, 4) is 0 Å². The molecule has 104 valence electrons. The summed E-state index contributed by atoms with van der Waals surface area (Å²) in [5.41, 5.74) is -0.532. The number of carboxylic acid groups (broad SMARTS) is 1. The highest BCUT2D eigenvalue weighted by atomic mass is 16.5. The summed E-state index contributed by atoms with van der Waals surface area (Å²) in [4.78, 5) is 23.3. The molecule has 0 bridgehead atoms. The number of nitrogens with one attached hydrogen (secondary N) is 2. The van der Waals surface area contributed by atoms with E-state index < -0.39 is 17.4 Å². The summed E-state index contributed by atoms with van der Waals surface area (Å²) >= 11 is 0. The van der Waals surface area contributed by atoms with E-state index in [1.54, 1.807) is 27.8 Å². The van der Waals surface area contributed by atoms with Crippen molar-refractivity contribution in [2.75, 3.05) is 20.3 Å². The Hall–Kier alpha value is -1.14. The van der Waals surface area contributed by atoms with E-state index in [0.717, 1.165) is 0 Å². The molecule has 1 fully saturated rings. The first-order chi connectivity index (χ1) is 8.27. The molecule has 1 aliphatic heterocycles. The Morgan fingerprint density at radius 2 is 1.94 bits per heavy atom. The topological polar surface area (TPSA) is 87.7 Å². The maximum absolute atomic E-state index is 12.1. The van der Waals surface area contributed by atoms with E-state index in [-0.39, 0.29) is 17.9 Å². The van der Waals surface area contributed by atoms with Crippen LogP contribution in [0.3, 0.4) is 0 Å². The first kappa shape index (κ1) is 14.9. The van der Waals surface area contributed by atoms with Crippen LogP contribution in [0.4, 0.5) is 0 Å². The smallest absolute Gasteiger partial charge is 0.326 e. The third-order valence-electron chi connectivity index (χ3n) is 3.19. The molecule has 0 radical (unpaired) electrons. The zero-order valence-electron chi connectivity index (χ0n) is 11.3. The van der Waals surface area contributed by atoms with Gasteiger partial charge in [-0.05, 0) is 12.5 Å².